The highest BCUT2D eigenvalue weighted by molar-refractivity contribution is 5.93. The van der Waals surface area contributed by atoms with Gasteiger partial charge in [0.2, 0.25) is 0 Å². The Labute approximate surface area is 178 Å². The fourth-order valence-corrected chi connectivity index (χ4v) is 4.33. The van der Waals surface area contributed by atoms with Crippen molar-refractivity contribution in [1.82, 2.24) is 4.98 Å². The third kappa shape index (κ3) is 4.33. The van der Waals surface area contributed by atoms with Gasteiger partial charge in [-0.25, -0.2) is 9.78 Å². The summed E-state index contributed by atoms with van der Waals surface area (Å²) in [6, 6.07) is 16.6. The summed E-state index contributed by atoms with van der Waals surface area (Å²) in [4.78, 5) is 16.0. The van der Waals surface area contributed by atoms with Crippen molar-refractivity contribution in [3.8, 4) is 5.75 Å². The van der Waals surface area contributed by atoms with E-state index in [2.05, 4.69) is 55.2 Å². The summed E-state index contributed by atoms with van der Waals surface area (Å²) < 4.78 is 11.3. The lowest BCUT2D eigenvalue weighted by Gasteiger charge is -2.26. The number of fused-ring (bicyclic) bond motifs is 1. The number of rotatable bonds is 6. The number of benzene rings is 2. The second-order valence-electron chi connectivity index (χ2n) is 8.47. The molecule has 1 heterocycles. The van der Waals surface area contributed by atoms with Gasteiger partial charge in [0.05, 0.1) is 7.11 Å². The highest BCUT2D eigenvalue weighted by atomic mass is 16.5. The van der Waals surface area contributed by atoms with Gasteiger partial charge in [0.25, 0.3) is 0 Å². The standard InChI is InChI=1S/C26H29NO3/c1-17(2)18-10-12-23(13-11-18)30-25(19-6-4-5-7-19)21-9-8-20-15-24(26(28)29-3)27-16-22(20)14-21/h8-17,19,25H,4-7H2,1-3H3. The van der Waals surface area contributed by atoms with Gasteiger partial charge in [-0.05, 0) is 59.5 Å². The highest BCUT2D eigenvalue weighted by Crippen LogP contribution is 2.39. The first-order valence-electron chi connectivity index (χ1n) is 10.8. The number of methoxy groups -OCH3 is 1. The lowest BCUT2D eigenvalue weighted by atomic mass is 9.92. The van der Waals surface area contributed by atoms with E-state index in [1.54, 1.807) is 12.3 Å². The van der Waals surface area contributed by atoms with E-state index in [1.807, 2.05) is 6.07 Å². The largest absolute Gasteiger partial charge is 0.485 e. The molecule has 4 rings (SSSR count). The molecule has 0 bridgehead atoms. The normalized spacial score (nSPS) is 15.5. The molecule has 1 unspecified atom stereocenters. The monoisotopic (exact) mass is 403 g/mol. The van der Waals surface area contributed by atoms with Gasteiger partial charge in [0.1, 0.15) is 17.5 Å². The zero-order valence-corrected chi connectivity index (χ0v) is 17.9. The lowest BCUT2D eigenvalue weighted by Crippen LogP contribution is -2.16. The molecule has 0 saturated heterocycles. The second-order valence-corrected chi connectivity index (χ2v) is 8.47. The van der Waals surface area contributed by atoms with Crippen molar-refractivity contribution in [2.24, 2.45) is 5.92 Å². The number of carbonyl (C=O) groups excluding carboxylic acids is 1. The van der Waals surface area contributed by atoms with Crippen LogP contribution in [0.15, 0.2) is 54.7 Å². The van der Waals surface area contributed by atoms with Crippen molar-refractivity contribution in [3.63, 3.8) is 0 Å². The molecule has 1 fully saturated rings. The smallest absolute Gasteiger partial charge is 0.356 e. The average Bonchev–Trinajstić information content (AvgIpc) is 3.31. The molecule has 1 saturated carbocycles. The molecule has 0 amide bonds. The highest BCUT2D eigenvalue weighted by Gasteiger charge is 2.28. The molecule has 1 atom stereocenters. The molecule has 156 valence electrons. The van der Waals surface area contributed by atoms with Crippen LogP contribution in [0.3, 0.4) is 0 Å². The van der Waals surface area contributed by atoms with Gasteiger partial charge in [-0.2, -0.15) is 0 Å². The number of pyridine rings is 1. The Kier molecular flexibility index (Phi) is 6.03. The molecular formula is C26H29NO3. The van der Waals surface area contributed by atoms with Crippen molar-refractivity contribution in [1.29, 1.82) is 0 Å². The third-order valence-electron chi connectivity index (χ3n) is 6.11. The van der Waals surface area contributed by atoms with Crippen molar-refractivity contribution >= 4 is 16.7 Å². The van der Waals surface area contributed by atoms with E-state index in [0.717, 1.165) is 22.1 Å². The minimum absolute atomic E-state index is 0.0158. The van der Waals surface area contributed by atoms with Crippen LogP contribution in [-0.2, 0) is 4.74 Å². The Bertz CT molecular complexity index is 1020. The van der Waals surface area contributed by atoms with Crippen LogP contribution < -0.4 is 4.74 Å². The number of carbonyl (C=O) groups is 1. The van der Waals surface area contributed by atoms with Gasteiger partial charge in [0, 0.05) is 17.5 Å². The Morgan fingerprint density at radius 2 is 1.67 bits per heavy atom. The van der Waals surface area contributed by atoms with E-state index in [0.29, 0.717) is 17.5 Å². The van der Waals surface area contributed by atoms with Crippen molar-refractivity contribution in [2.45, 2.75) is 51.6 Å². The van der Waals surface area contributed by atoms with Crippen molar-refractivity contribution in [2.75, 3.05) is 7.11 Å². The van der Waals surface area contributed by atoms with Crippen LogP contribution in [0.2, 0.25) is 0 Å². The predicted molar refractivity (Wildman–Crippen MR) is 119 cm³/mol. The van der Waals surface area contributed by atoms with Gasteiger partial charge in [0.15, 0.2) is 0 Å². The molecular weight excluding hydrogens is 374 g/mol. The summed E-state index contributed by atoms with van der Waals surface area (Å²) in [7, 11) is 1.37. The molecule has 2 aromatic carbocycles. The molecule has 1 aliphatic carbocycles. The van der Waals surface area contributed by atoms with Crippen LogP contribution in [0.4, 0.5) is 0 Å². The van der Waals surface area contributed by atoms with Gasteiger partial charge >= 0.3 is 5.97 Å². The molecule has 4 heteroatoms. The molecule has 0 radical (unpaired) electrons. The third-order valence-corrected chi connectivity index (χ3v) is 6.11. The molecule has 3 aromatic rings. The first kappa shape index (κ1) is 20.4. The van der Waals surface area contributed by atoms with E-state index in [9.17, 15) is 4.79 Å². The lowest BCUT2D eigenvalue weighted by molar-refractivity contribution is 0.0594. The van der Waals surface area contributed by atoms with Crippen molar-refractivity contribution in [3.05, 3.63) is 71.5 Å². The Hall–Kier alpha value is -2.88. The van der Waals surface area contributed by atoms with E-state index < -0.39 is 5.97 Å². The van der Waals surface area contributed by atoms with E-state index in [4.69, 9.17) is 9.47 Å². The number of ether oxygens (including phenoxy) is 2. The zero-order valence-electron chi connectivity index (χ0n) is 17.9. The Balaban J connectivity index is 1.64. The zero-order chi connectivity index (χ0) is 21.1. The predicted octanol–water partition coefficient (Wildman–Crippen LogP) is 6.46. The minimum atomic E-state index is -0.419. The number of aromatic nitrogens is 1. The molecule has 0 aliphatic heterocycles. The summed E-state index contributed by atoms with van der Waals surface area (Å²) in [5, 5.41) is 1.97. The van der Waals surface area contributed by atoms with E-state index in [-0.39, 0.29) is 6.10 Å². The summed E-state index contributed by atoms with van der Waals surface area (Å²) in [6.07, 6.45) is 6.65. The summed E-state index contributed by atoms with van der Waals surface area (Å²) in [5.41, 5.74) is 2.81. The van der Waals surface area contributed by atoms with E-state index >= 15 is 0 Å². The Morgan fingerprint density at radius 1 is 0.967 bits per heavy atom. The van der Waals surface area contributed by atoms with Crippen molar-refractivity contribution < 1.29 is 14.3 Å². The van der Waals surface area contributed by atoms with Crippen LogP contribution in [0.5, 0.6) is 5.75 Å². The maximum absolute atomic E-state index is 11.8. The first-order chi connectivity index (χ1) is 14.5. The number of nitrogens with zero attached hydrogens (tertiary/aromatic N) is 1. The molecule has 0 spiro atoms. The summed E-state index contributed by atoms with van der Waals surface area (Å²) in [5.74, 6) is 1.51. The average molecular weight is 404 g/mol. The summed E-state index contributed by atoms with van der Waals surface area (Å²) >= 11 is 0. The minimum Gasteiger partial charge on any atom is -0.485 e. The van der Waals surface area contributed by atoms with E-state index in [1.165, 1.54) is 38.4 Å². The second kappa shape index (κ2) is 8.86. The fourth-order valence-electron chi connectivity index (χ4n) is 4.33. The van der Waals surface area contributed by atoms with Crippen LogP contribution in [-0.4, -0.2) is 18.1 Å². The van der Waals surface area contributed by atoms with Crippen LogP contribution in [0.25, 0.3) is 10.8 Å². The van der Waals surface area contributed by atoms with Crippen LogP contribution in [0, 0.1) is 5.92 Å². The summed E-state index contributed by atoms with van der Waals surface area (Å²) in [6.45, 7) is 4.40. The number of hydrogen-bond donors (Lipinski definition) is 0. The Morgan fingerprint density at radius 3 is 2.33 bits per heavy atom. The maximum Gasteiger partial charge on any atom is 0.356 e. The number of esters is 1. The molecule has 1 aromatic heterocycles. The molecule has 4 nitrogen and oxygen atoms in total. The van der Waals surface area contributed by atoms with Gasteiger partial charge < -0.3 is 9.47 Å². The fraction of sp³-hybridized carbons (Fsp3) is 0.385. The quantitative estimate of drug-likeness (QED) is 0.443. The van der Waals surface area contributed by atoms with Gasteiger partial charge in [-0.1, -0.05) is 51.0 Å². The molecule has 0 N–H and O–H groups in total. The van der Waals surface area contributed by atoms with Crippen LogP contribution >= 0.6 is 0 Å². The number of hydrogen-bond acceptors (Lipinski definition) is 4. The van der Waals surface area contributed by atoms with Gasteiger partial charge in [-0.15, -0.1) is 0 Å². The first-order valence-corrected chi connectivity index (χ1v) is 10.8. The van der Waals surface area contributed by atoms with Gasteiger partial charge in [-0.3, -0.25) is 0 Å². The SMILES string of the molecule is COC(=O)c1cc2ccc(C(Oc3ccc(C(C)C)cc3)C3CCCC3)cc2cn1. The molecule has 1 aliphatic rings. The molecule has 30 heavy (non-hydrogen) atoms. The maximum atomic E-state index is 11.8. The van der Waals surface area contributed by atoms with Crippen LogP contribution in [0.1, 0.15) is 73.2 Å². The topological polar surface area (TPSA) is 48.4 Å².